The van der Waals surface area contributed by atoms with Crippen molar-refractivity contribution in [2.45, 2.75) is 32.2 Å². The minimum absolute atomic E-state index is 0.0169. The molecule has 2 heterocycles. The van der Waals surface area contributed by atoms with Crippen molar-refractivity contribution in [3.05, 3.63) is 6.33 Å². The third kappa shape index (κ3) is 4.22. The van der Waals surface area contributed by atoms with Gasteiger partial charge >= 0.3 is 0 Å². The number of aliphatic hydroxyl groups excluding tert-OH is 1. The molecule has 114 valence electrons. The van der Waals surface area contributed by atoms with Crippen LogP contribution in [-0.2, 0) is 11.3 Å². The van der Waals surface area contributed by atoms with Crippen molar-refractivity contribution in [2.75, 3.05) is 40.0 Å². The van der Waals surface area contributed by atoms with Crippen LogP contribution in [0.4, 0.5) is 0 Å². The first kappa shape index (κ1) is 15.3. The smallest absolute Gasteiger partial charge is 0.138 e. The van der Waals surface area contributed by atoms with Crippen molar-refractivity contribution in [1.29, 1.82) is 0 Å². The summed E-state index contributed by atoms with van der Waals surface area (Å²) in [6.07, 6.45) is 5.85. The van der Waals surface area contributed by atoms with Gasteiger partial charge in [0, 0.05) is 32.2 Å². The van der Waals surface area contributed by atoms with Gasteiger partial charge in [-0.1, -0.05) is 0 Å². The summed E-state index contributed by atoms with van der Waals surface area (Å²) in [5.41, 5.74) is 0.0169. The number of tetrazole rings is 1. The largest absolute Gasteiger partial charge is 0.396 e. The molecule has 1 fully saturated rings. The predicted molar refractivity (Wildman–Crippen MR) is 74.1 cm³/mol. The zero-order chi connectivity index (χ0) is 14.3. The Morgan fingerprint density at radius 1 is 1.40 bits per heavy atom. The average Bonchev–Trinajstić information content (AvgIpc) is 2.99. The molecule has 1 aliphatic heterocycles. The Morgan fingerprint density at radius 3 is 3.00 bits per heavy atom. The summed E-state index contributed by atoms with van der Waals surface area (Å²) in [6, 6.07) is 0. The van der Waals surface area contributed by atoms with E-state index in [9.17, 15) is 5.11 Å². The van der Waals surface area contributed by atoms with Gasteiger partial charge < -0.3 is 14.7 Å². The number of aryl methyl sites for hydroxylation is 1. The fourth-order valence-corrected chi connectivity index (χ4v) is 2.97. The molecule has 0 radical (unpaired) electrons. The lowest BCUT2D eigenvalue weighted by Crippen LogP contribution is -2.46. The maximum atomic E-state index is 9.75. The van der Waals surface area contributed by atoms with E-state index in [0.717, 1.165) is 58.5 Å². The van der Waals surface area contributed by atoms with Crippen LogP contribution in [0.2, 0.25) is 0 Å². The predicted octanol–water partition coefficient (Wildman–Crippen LogP) is 0.174. The van der Waals surface area contributed by atoms with Gasteiger partial charge in [0.2, 0.25) is 0 Å². The summed E-state index contributed by atoms with van der Waals surface area (Å²) in [4.78, 5) is 2.44. The number of methoxy groups -OCH3 is 1. The van der Waals surface area contributed by atoms with Crippen LogP contribution in [0.25, 0.3) is 0 Å². The van der Waals surface area contributed by atoms with Gasteiger partial charge in [-0.2, -0.15) is 0 Å². The number of aromatic nitrogens is 4. The number of ether oxygens (including phenoxy) is 1. The number of hydrogen-bond acceptors (Lipinski definition) is 6. The third-order valence-electron chi connectivity index (χ3n) is 4.17. The van der Waals surface area contributed by atoms with Crippen molar-refractivity contribution < 1.29 is 9.84 Å². The zero-order valence-electron chi connectivity index (χ0n) is 12.2. The van der Waals surface area contributed by atoms with Gasteiger partial charge in [0.1, 0.15) is 6.33 Å². The molecule has 20 heavy (non-hydrogen) atoms. The number of rotatable bonds is 8. The molecule has 0 spiro atoms. The summed E-state index contributed by atoms with van der Waals surface area (Å²) in [7, 11) is 1.72. The highest BCUT2D eigenvalue weighted by atomic mass is 16.5. The lowest BCUT2D eigenvalue weighted by molar-refractivity contribution is 0.00688. The Bertz CT molecular complexity index is 373. The standard InChI is InChI=1S/C13H25N5O2/c1-20-9-5-13(11-19)4-2-6-17(10-13)7-3-8-18-12-14-15-16-18/h12,19H,2-11H2,1H3/t13-/m0/s1. The monoisotopic (exact) mass is 283 g/mol. The maximum Gasteiger partial charge on any atom is 0.138 e. The molecule has 0 saturated carbocycles. The molecular formula is C13H25N5O2. The molecule has 1 N–H and O–H groups in total. The lowest BCUT2D eigenvalue weighted by Gasteiger charge is -2.42. The topological polar surface area (TPSA) is 76.3 Å². The second-order valence-electron chi connectivity index (χ2n) is 5.71. The van der Waals surface area contributed by atoms with Gasteiger partial charge in [-0.3, -0.25) is 0 Å². The van der Waals surface area contributed by atoms with Gasteiger partial charge in [0.15, 0.2) is 0 Å². The fourth-order valence-electron chi connectivity index (χ4n) is 2.97. The second-order valence-corrected chi connectivity index (χ2v) is 5.71. The van der Waals surface area contributed by atoms with Crippen LogP contribution in [-0.4, -0.2) is 70.2 Å². The Balaban J connectivity index is 1.77. The van der Waals surface area contributed by atoms with E-state index in [2.05, 4.69) is 20.4 Å². The van der Waals surface area contributed by atoms with E-state index in [1.165, 1.54) is 0 Å². The second kappa shape index (κ2) is 7.66. The molecule has 1 aliphatic rings. The first-order chi connectivity index (χ1) is 9.78. The van der Waals surface area contributed by atoms with E-state index in [1.54, 1.807) is 18.1 Å². The highest BCUT2D eigenvalue weighted by Gasteiger charge is 2.34. The molecule has 2 rings (SSSR count). The first-order valence-electron chi connectivity index (χ1n) is 7.31. The Hall–Kier alpha value is -1.05. The van der Waals surface area contributed by atoms with Crippen LogP contribution in [0, 0.1) is 5.41 Å². The summed E-state index contributed by atoms with van der Waals surface area (Å²) in [5.74, 6) is 0. The van der Waals surface area contributed by atoms with Crippen LogP contribution in [0.5, 0.6) is 0 Å². The summed E-state index contributed by atoms with van der Waals surface area (Å²) in [6.45, 7) is 4.91. The maximum absolute atomic E-state index is 9.75. The van der Waals surface area contributed by atoms with Gasteiger partial charge in [-0.15, -0.1) is 5.10 Å². The minimum Gasteiger partial charge on any atom is -0.396 e. The zero-order valence-corrected chi connectivity index (χ0v) is 12.2. The highest BCUT2D eigenvalue weighted by Crippen LogP contribution is 2.33. The van der Waals surface area contributed by atoms with Gasteiger partial charge in [0.25, 0.3) is 0 Å². The van der Waals surface area contributed by atoms with Crippen LogP contribution in [0.1, 0.15) is 25.7 Å². The Kier molecular flexibility index (Phi) is 5.87. The molecule has 0 aromatic carbocycles. The van der Waals surface area contributed by atoms with Crippen molar-refractivity contribution >= 4 is 0 Å². The molecular weight excluding hydrogens is 258 g/mol. The van der Waals surface area contributed by atoms with Crippen molar-refractivity contribution in [3.8, 4) is 0 Å². The lowest BCUT2D eigenvalue weighted by atomic mass is 9.78. The first-order valence-corrected chi connectivity index (χ1v) is 7.31. The molecule has 1 atom stereocenters. The summed E-state index contributed by atoms with van der Waals surface area (Å²) in [5, 5.41) is 20.9. The molecule has 0 aliphatic carbocycles. The van der Waals surface area contributed by atoms with Crippen LogP contribution in [0.3, 0.4) is 0 Å². The molecule has 0 amide bonds. The molecule has 0 unspecified atom stereocenters. The van der Waals surface area contributed by atoms with Gasteiger partial charge in [-0.05, 0) is 49.2 Å². The third-order valence-corrected chi connectivity index (χ3v) is 4.17. The van der Waals surface area contributed by atoms with Gasteiger partial charge in [0.05, 0.1) is 6.61 Å². The van der Waals surface area contributed by atoms with E-state index in [-0.39, 0.29) is 12.0 Å². The summed E-state index contributed by atoms with van der Waals surface area (Å²) < 4.78 is 6.94. The summed E-state index contributed by atoms with van der Waals surface area (Å²) >= 11 is 0. The quantitative estimate of drug-likeness (QED) is 0.733. The number of nitrogens with zero attached hydrogens (tertiary/aromatic N) is 5. The van der Waals surface area contributed by atoms with E-state index < -0.39 is 0 Å². The number of hydrogen-bond donors (Lipinski definition) is 1. The van der Waals surface area contributed by atoms with Crippen molar-refractivity contribution in [3.63, 3.8) is 0 Å². The van der Waals surface area contributed by atoms with Crippen LogP contribution >= 0.6 is 0 Å². The molecule has 7 heteroatoms. The van der Waals surface area contributed by atoms with E-state index in [0.29, 0.717) is 0 Å². The van der Waals surface area contributed by atoms with E-state index in [4.69, 9.17) is 4.74 Å². The Labute approximate surface area is 119 Å². The highest BCUT2D eigenvalue weighted by molar-refractivity contribution is 4.86. The SMILES string of the molecule is COCC[C@@]1(CO)CCCN(CCCn2cnnn2)C1. The van der Waals surface area contributed by atoms with Crippen molar-refractivity contribution in [2.24, 2.45) is 5.41 Å². The number of piperidine rings is 1. The molecule has 0 bridgehead atoms. The van der Waals surface area contributed by atoms with Crippen LogP contribution in [0.15, 0.2) is 6.33 Å². The van der Waals surface area contributed by atoms with Crippen LogP contribution < -0.4 is 0 Å². The molecule has 1 aromatic heterocycles. The molecule has 1 saturated heterocycles. The Morgan fingerprint density at radius 2 is 2.30 bits per heavy atom. The fraction of sp³-hybridized carbons (Fsp3) is 0.923. The van der Waals surface area contributed by atoms with E-state index in [1.807, 2.05) is 0 Å². The van der Waals surface area contributed by atoms with Gasteiger partial charge in [-0.25, -0.2) is 4.68 Å². The minimum atomic E-state index is 0.0169. The van der Waals surface area contributed by atoms with E-state index >= 15 is 0 Å². The molecule has 1 aromatic rings. The van der Waals surface area contributed by atoms with Crippen molar-refractivity contribution in [1.82, 2.24) is 25.1 Å². The number of aliphatic hydroxyl groups is 1. The molecule has 7 nitrogen and oxygen atoms in total. The number of likely N-dealkylation sites (tertiary alicyclic amines) is 1. The average molecular weight is 283 g/mol. The normalized spacial score (nSPS) is 24.1.